The highest BCUT2D eigenvalue weighted by Crippen LogP contribution is 1.91. The van der Waals surface area contributed by atoms with E-state index in [0.717, 1.165) is 9.80 Å². The van der Waals surface area contributed by atoms with Gasteiger partial charge in [0.15, 0.2) is 12.4 Å². The molecule has 0 unspecified atom stereocenters. The van der Waals surface area contributed by atoms with Gasteiger partial charge in [-0.1, -0.05) is 0 Å². The lowest BCUT2D eigenvalue weighted by molar-refractivity contribution is -0.135. The molecule has 0 aromatic rings. The van der Waals surface area contributed by atoms with Crippen LogP contribution in [0.15, 0.2) is 0 Å². The number of ether oxygens (including phenoxy) is 1. The molecular formula is C8H10N4O3. The fraction of sp³-hybridized carbons (Fsp3) is 0.500. The Morgan fingerprint density at radius 1 is 1.07 bits per heavy atom. The van der Waals surface area contributed by atoms with Crippen molar-refractivity contribution in [1.82, 2.24) is 9.80 Å². The van der Waals surface area contributed by atoms with Gasteiger partial charge >= 0.3 is 0 Å². The van der Waals surface area contributed by atoms with Crippen molar-refractivity contribution in [2.45, 2.75) is 13.8 Å². The Kier molecular flexibility index (Phi) is 5.45. The van der Waals surface area contributed by atoms with Crippen molar-refractivity contribution >= 4 is 11.8 Å². The first-order valence-electron chi connectivity index (χ1n) is 3.96. The largest absolute Gasteiger partial charge is 0.338 e. The van der Waals surface area contributed by atoms with Gasteiger partial charge in [0.25, 0.3) is 0 Å². The number of hydrogen-bond acceptors (Lipinski definition) is 5. The molecule has 0 aromatic carbocycles. The quantitative estimate of drug-likeness (QED) is 0.356. The predicted molar refractivity (Wildman–Crippen MR) is 47.1 cm³/mol. The molecule has 7 heteroatoms. The van der Waals surface area contributed by atoms with Crippen molar-refractivity contribution in [1.29, 1.82) is 10.5 Å². The Morgan fingerprint density at radius 2 is 1.40 bits per heavy atom. The van der Waals surface area contributed by atoms with Gasteiger partial charge < -0.3 is 4.74 Å². The maximum Gasteiger partial charge on any atom is 0.234 e. The Hall–Kier alpha value is -2.12. The minimum absolute atomic E-state index is 0.280. The van der Waals surface area contributed by atoms with Gasteiger partial charge in [0.05, 0.1) is 0 Å². The highest BCUT2D eigenvalue weighted by Gasteiger charge is 2.10. The van der Waals surface area contributed by atoms with E-state index in [4.69, 9.17) is 15.3 Å². The molecule has 2 amide bonds. The second-order valence-corrected chi connectivity index (χ2v) is 2.56. The Morgan fingerprint density at radius 3 is 1.60 bits per heavy atom. The number of carbonyl (C=O) groups is 2. The summed E-state index contributed by atoms with van der Waals surface area (Å²) in [5, 5.41) is 16.9. The third-order valence-corrected chi connectivity index (χ3v) is 1.44. The molecule has 0 heterocycles. The van der Waals surface area contributed by atoms with Crippen LogP contribution in [0.1, 0.15) is 13.8 Å². The number of carbonyl (C=O) groups excluding carboxylic acids is 2. The average molecular weight is 210 g/mol. The first-order chi connectivity index (χ1) is 7.02. The van der Waals surface area contributed by atoms with E-state index in [2.05, 4.69) is 0 Å². The van der Waals surface area contributed by atoms with Gasteiger partial charge in [-0.2, -0.15) is 10.5 Å². The molecular weight excluding hydrogens is 200 g/mol. The molecule has 0 bridgehead atoms. The summed E-state index contributed by atoms with van der Waals surface area (Å²) in [5.74, 6) is -0.937. The molecule has 0 aromatic heterocycles. The standard InChI is InChI=1S/C8H10N4O3/c1-7(13)11(3-9)5-15-6-12(4-10)8(2)14/h5-6H2,1-2H3. The number of nitriles is 2. The lowest BCUT2D eigenvalue weighted by atomic mass is 10.6. The van der Waals surface area contributed by atoms with Gasteiger partial charge in [0, 0.05) is 13.8 Å². The molecule has 15 heavy (non-hydrogen) atoms. The normalized spacial score (nSPS) is 8.53. The van der Waals surface area contributed by atoms with Crippen LogP contribution in [-0.2, 0) is 14.3 Å². The van der Waals surface area contributed by atoms with Gasteiger partial charge in [-0.25, -0.2) is 9.80 Å². The minimum Gasteiger partial charge on any atom is -0.338 e. The summed E-state index contributed by atoms with van der Waals surface area (Å²) >= 11 is 0. The van der Waals surface area contributed by atoms with E-state index in [-0.39, 0.29) is 13.5 Å². The second kappa shape index (κ2) is 6.35. The van der Waals surface area contributed by atoms with Crippen molar-refractivity contribution in [2.24, 2.45) is 0 Å². The smallest absolute Gasteiger partial charge is 0.234 e. The number of nitrogens with zero attached hydrogens (tertiary/aromatic N) is 4. The molecule has 0 saturated carbocycles. The van der Waals surface area contributed by atoms with Crippen LogP contribution in [-0.4, -0.2) is 35.1 Å². The predicted octanol–water partition coefficient (Wildman–Crippen LogP) is -0.423. The fourth-order valence-corrected chi connectivity index (χ4v) is 0.604. The summed E-state index contributed by atoms with van der Waals surface area (Å²) in [6, 6.07) is 0. The van der Waals surface area contributed by atoms with Crippen molar-refractivity contribution < 1.29 is 14.3 Å². The van der Waals surface area contributed by atoms with Crippen LogP contribution in [0.5, 0.6) is 0 Å². The molecule has 0 rings (SSSR count). The van der Waals surface area contributed by atoms with Crippen LogP contribution in [0.25, 0.3) is 0 Å². The highest BCUT2D eigenvalue weighted by molar-refractivity contribution is 5.75. The van der Waals surface area contributed by atoms with Crippen LogP contribution in [0.3, 0.4) is 0 Å². The molecule has 0 aliphatic rings. The summed E-state index contributed by atoms with van der Waals surface area (Å²) in [7, 11) is 0. The van der Waals surface area contributed by atoms with Crippen LogP contribution in [0.2, 0.25) is 0 Å². The minimum atomic E-state index is -0.469. The first kappa shape index (κ1) is 12.9. The zero-order valence-electron chi connectivity index (χ0n) is 8.43. The topological polar surface area (TPSA) is 97.4 Å². The maximum absolute atomic E-state index is 10.7. The van der Waals surface area contributed by atoms with E-state index in [1.54, 1.807) is 12.4 Å². The van der Waals surface area contributed by atoms with Crippen LogP contribution in [0.4, 0.5) is 0 Å². The van der Waals surface area contributed by atoms with Crippen molar-refractivity contribution in [3.8, 4) is 12.4 Å². The summed E-state index contributed by atoms with van der Waals surface area (Å²) in [5.41, 5.74) is 0. The summed E-state index contributed by atoms with van der Waals surface area (Å²) in [4.78, 5) is 23.0. The van der Waals surface area contributed by atoms with Gasteiger partial charge in [0.2, 0.25) is 11.8 Å². The van der Waals surface area contributed by atoms with E-state index < -0.39 is 11.8 Å². The fourth-order valence-electron chi connectivity index (χ4n) is 0.604. The summed E-state index contributed by atoms with van der Waals surface area (Å²) < 4.78 is 4.83. The number of amides is 2. The van der Waals surface area contributed by atoms with Crippen molar-refractivity contribution in [3.05, 3.63) is 0 Å². The third-order valence-electron chi connectivity index (χ3n) is 1.44. The Labute approximate surface area is 87.0 Å². The van der Waals surface area contributed by atoms with Crippen molar-refractivity contribution in [2.75, 3.05) is 13.5 Å². The van der Waals surface area contributed by atoms with E-state index in [0.29, 0.717) is 0 Å². The Bertz CT molecular complexity index is 296. The number of rotatable bonds is 4. The molecule has 0 radical (unpaired) electrons. The zero-order valence-corrected chi connectivity index (χ0v) is 8.43. The van der Waals surface area contributed by atoms with Gasteiger partial charge in [-0.3, -0.25) is 9.59 Å². The van der Waals surface area contributed by atoms with Crippen molar-refractivity contribution in [3.63, 3.8) is 0 Å². The molecule has 0 N–H and O–H groups in total. The zero-order chi connectivity index (χ0) is 11.8. The lowest BCUT2D eigenvalue weighted by Crippen LogP contribution is -2.31. The van der Waals surface area contributed by atoms with Gasteiger partial charge in [0.1, 0.15) is 13.5 Å². The summed E-state index contributed by atoms with van der Waals surface area (Å²) in [6.07, 6.45) is 3.19. The second-order valence-electron chi connectivity index (χ2n) is 2.56. The third kappa shape index (κ3) is 4.60. The maximum atomic E-state index is 10.7. The van der Waals surface area contributed by atoms with Crippen LogP contribution >= 0.6 is 0 Å². The molecule has 0 saturated heterocycles. The molecule has 0 spiro atoms. The molecule has 80 valence electrons. The SMILES string of the molecule is CC(=O)N(C#N)COCN(C#N)C(C)=O. The van der Waals surface area contributed by atoms with E-state index in [1.165, 1.54) is 13.8 Å². The first-order valence-corrected chi connectivity index (χ1v) is 3.96. The van der Waals surface area contributed by atoms with Gasteiger partial charge in [-0.05, 0) is 0 Å². The summed E-state index contributed by atoms with van der Waals surface area (Å²) in [6.45, 7) is 1.85. The molecule has 0 fully saturated rings. The van der Waals surface area contributed by atoms with Crippen LogP contribution in [0, 0.1) is 22.9 Å². The lowest BCUT2D eigenvalue weighted by Gasteiger charge is -2.14. The highest BCUT2D eigenvalue weighted by atomic mass is 16.5. The molecule has 0 atom stereocenters. The molecule has 0 aliphatic carbocycles. The monoisotopic (exact) mass is 210 g/mol. The van der Waals surface area contributed by atoms with E-state index in [1.807, 2.05) is 0 Å². The average Bonchev–Trinajstić information content (AvgIpc) is 2.17. The number of hydrogen-bond donors (Lipinski definition) is 0. The van der Waals surface area contributed by atoms with Gasteiger partial charge in [-0.15, -0.1) is 0 Å². The molecule has 7 nitrogen and oxygen atoms in total. The Balaban J connectivity index is 3.99. The van der Waals surface area contributed by atoms with Crippen LogP contribution < -0.4 is 0 Å². The molecule has 0 aliphatic heterocycles. The van der Waals surface area contributed by atoms with E-state index in [9.17, 15) is 9.59 Å². The van der Waals surface area contributed by atoms with E-state index >= 15 is 0 Å².